The predicted molar refractivity (Wildman–Crippen MR) is 79.0 cm³/mol. The van der Waals surface area contributed by atoms with E-state index in [0.29, 0.717) is 5.92 Å². The molecule has 18 heavy (non-hydrogen) atoms. The molecule has 0 spiro atoms. The molecule has 0 fully saturated rings. The van der Waals surface area contributed by atoms with Crippen LogP contribution in [0.4, 0.5) is 0 Å². The van der Waals surface area contributed by atoms with E-state index in [0.717, 1.165) is 16.2 Å². The number of hydrogen-bond donors (Lipinski definition) is 1. The van der Waals surface area contributed by atoms with Crippen molar-refractivity contribution in [1.29, 1.82) is 0 Å². The molecule has 0 saturated carbocycles. The summed E-state index contributed by atoms with van der Waals surface area (Å²) in [6.07, 6.45) is 5.03. The maximum absolute atomic E-state index is 5.39. The normalized spacial score (nSPS) is 13.2. The summed E-state index contributed by atoms with van der Waals surface area (Å²) < 4.78 is 2.96. The smallest absolute Gasteiger partial charge is 0.177 e. The summed E-state index contributed by atoms with van der Waals surface area (Å²) in [4.78, 5) is 8.99. The number of thiazole rings is 1. The lowest BCUT2D eigenvalue weighted by Gasteiger charge is -2.16. The topological polar surface area (TPSA) is 33.6 Å². The van der Waals surface area contributed by atoms with E-state index in [2.05, 4.69) is 42.2 Å². The van der Waals surface area contributed by atoms with E-state index in [4.69, 9.17) is 12.2 Å². The van der Waals surface area contributed by atoms with Gasteiger partial charge in [-0.05, 0) is 31.5 Å². The number of aryl methyl sites for hydroxylation is 1. The summed E-state index contributed by atoms with van der Waals surface area (Å²) in [6.45, 7) is 8.68. The van der Waals surface area contributed by atoms with Gasteiger partial charge in [-0.3, -0.25) is 0 Å². The molecule has 2 rings (SSSR count). The molecule has 0 aliphatic carbocycles. The van der Waals surface area contributed by atoms with Gasteiger partial charge in [-0.1, -0.05) is 20.8 Å². The molecule has 0 amide bonds. The predicted octanol–water partition coefficient (Wildman–Crippen LogP) is 4.30. The second-order valence-electron chi connectivity index (χ2n) is 4.74. The van der Waals surface area contributed by atoms with Crippen LogP contribution >= 0.6 is 23.6 Å². The molecule has 0 aliphatic heterocycles. The van der Waals surface area contributed by atoms with Crippen LogP contribution in [0.2, 0.25) is 0 Å². The summed E-state index contributed by atoms with van der Waals surface area (Å²) in [6, 6.07) is 0.200. The SMILES string of the molecule is CCc1cnc(C(C)n2c(C(C)C)c[nH]c2=S)s1. The van der Waals surface area contributed by atoms with Gasteiger partial charge in [0.15, 0.2) is 4.77 Å². The average Bonchev–Trinajstić information content (AvgIpc) is 2.94. The van der Waals surface area contributed by atoms with Crippen molar-refractivity contribution in [3.63, 3.8) is 0 Å². The number of nitrogens with zero attached hydrogens (tertiary/aromatic N) is 2. The van der Waals surface area contributed by atoms with Crippen LogP contribution in [0.25, 0.3) is 0 Å². The van der Waals surface area contributed by atoms with Crippen molar-refractivity contribution in [2.75, 3.05) is 0 Å². The van der Waals surface area contributed by atoms with E-state index in [9.17, 15) is 0 Å². The summed E-state index contributed by atoms with van der Waals surface area (Å²) in [5, 5.41) is 1.13. The van der Waals surface area contributed by atoms with Crippen LogP contribution in [0.15, 0.2) is 12.4 Å². The van der Waals surface area contributed by atoms with E-state index in [1.807, 2.05) is 12.4 Å². The third-order valence-electron chi connectivity index (χ3n) is 3.10. The number of aromatic amines is 1. The Morgan fingerprint density at radius 1 is 1.44 bits per heavy atom. The average molecular weight is 281 g/mol. The molecule has 5 heteroatoms. The monoisotopic (exact) mass is 281 g/mol. The Bertz CT molecular complexity index is 577. The Balaban J connectivity index is 2.42. The standard InChI is InChI=1S/C13H19N3S2/c1-5-10-6-14-12(18-10)9(4)16-11(8(2)3)7-15-13(16)17/h6-9H,5H2,1-4H3,(H,15,17). The van der Waals surface area contributed by atoms with Crippen molar-refractivity contribution < 1.29 is 0 Å². The van der Waals surface area contributed by atoms with Crippen molar-refractivity contribution in [1.82, 2.24) is 14.5 Å². The lowest BCUT2D eigenvalue weighted by molar-refractivity contribution is 0.579. The van der Waals surface area contributed by atoms with E-state index in [1.54, 1.807) is 11.3 Å². The van der Waals surface area contributed by atoms with Gasteiger partial charge in [-0.25, -0.2) is 4.98 Å². The molecule has 0 radical (unpaired) electrons. The van der Waals surface area contributed by atoms with Crippen molar-refractivity contribution in [2.45, 2.75) is 46.1 Å². The van der Waals surface area contributed by atoms with Crippen LogP contribution in [0, 0.1) is 4.77 Å². The van der Waals surface area contributed by atoms with Crippen LogP contribution in [0.5, 0.6) is 0 Å². The summed E-state index contributed by atoms with van der Waals surface area (Å²) in [5.41, 5.74) is 1.24. The van der Waals surface area contributed by atoms with Gasteiger partial charge in [-0.2, -0.15) is 0 Å². The molecule has 98 valence electrons. The zero-order chi connectivity index (χ0) is 13.3. The largest absolute Gasteiger partial charge is 0.337 e. The molecule has 0 aliphatic rings. The first kappa shape index (κ1) is 13.5. The van der Waals surface area contributed by atoms with Gasteiger partial charge in [0.1, 0.15) is 5.01 Å². The summed E-state index contributed by atoms with van der Waals surface area (Å²) in [5.74, 6) is 0.450. The van der Waals surface area contributed by atoms with Crippen molar-refractivity contribution in [2.24, 2.45) is 0 Å². The lowest BCUT2D eigenvalue weighted by atomic mass is 10.1. The molecular weight excluding hydrogens is 262 g/mol. The van der Waals surface area contributed by atoms with Crippen LogP contribution in [-0.4, -0.2) is 14.5 Å². The maximum Gasteiger partial charge on any atom is 0.177 e. The van der Waals surface area contributed by atoms with Crippen LogP contribution in [0.3, 0.4) is 0 Å². The van der Waals surface area contributed by atoms with Gasteiger partial charge in [0.2, 0.25) is 0 Å². The fourth-order valence-corrected chi connectivity index (χ4v) is 3.25. The third kappa shape index (κ3) is 2.42. The Morgan fingerprint density at radius 3 is 2.72 bits per heavy atom. The van der Waals surface area contributed by atoms with Gasteiger partial charge in [0.25, 0.3) is 0 Å². The minimum Gasteiger partial charge on any atom is -0.337 e. The number of nitrogens with one attached hydrogen (secondary N) is 1. The summed E-state index contributed by atoms with van der Waals surface area (Å²) >= 11 is 7.16. The molecule has 1 atom stereocenters. The lowest BCUT2D eigenvalue weighted by Crippen LogP contribution is -2.11. The molecule has 1 N–H and O–H groups in total. The van der Waals surface area contributed by atoms with Crippen molar-refractivity contribution in [3.05, 3.63) is 32.7 Å². The van der Waals surface area contributed by atoms with E-state index < -0.39 is 0 Å². The molecule has 2 aromatic rings. The highest BCUT2D eigenvalue weighted by Gasteiger charge is 2.17. The van der Waals surface area contributed by atoms with E-state index in [1.165, 1.54) is 10.6 Å². The number of imidazole rings is 1. The Morgan fingerprint density at radius 2 is 2.17 bits per heavy atom. The minimum atomic E-state index is 0.200. The van der Waals surface area contributed by atoms with Gasteiger partial charge < -0.3 is 9.55 Å². The Kier molecular flexibility index (Phi) is 4.02. The Hall–Kier alpha value is -0.940. The van der Waals surface area contributed by atoms with Crippen LogP contribution in [0.1, 0.15) is 55.2 Å². The van der Waals surface area contributed by atoms with Crippen LogP contribution in [-0.2, 0) is 6.42 Å². The second-order valence-corrected chi connectivity index (χ2v) is 6.27. The van der Waals surface area contributed by atoms with Crippen molar-refractivity contribution >= 4 is 23.6 Å². The first-order chi connectivity index (χ1) is 8.54. The zero-order valence-electron chi connectivity index (χ0n) is 11.2. The first-order valence-corrected chi connectivity index (χ1v) is 7.51. The molecule has 2 heterocycles. The van der Waals surface area contributed by atoms with Gasteiger partial charge in [-0.15, -0.1) is 11.3 Å². The molecule has 2 aromatic heterocycles. The summed E-state index contributed by atoms with van der Waals surface area (Å²) in [7, 11) is 0. The van der Waals surface area contributed by atoms with Gasteiger partial charge in [0, 0.05) is 23.0 Å². The molecule has 0 aromatic carbocycles. The van der Waals surface area contributed by atoms with Crippen LogP contribution < -0.4 is 0 Å². The number of aromatic nitrogens is 3. The molecule has 3 nitrogen and oxygen atoms in total. The number of hydrogen-bond acceptors (Lipinski definition) is 3. The van der Waals surface area contributed by atoms with Crippen molar-refractivity contribution in [3.8, 4) is 0 Å². The zero-order valence-corrected chi connectivity index (χ0v) is 12.9. The third-order valence-corrected chi connectivity index (χ3v) is 4.72. The highest BCUT2D eigenvalue weighted by molar-refractivity contribution is 7.71. The molecule has 0 saturated heterocycles. The van der Waals surface area contributed by atoms with Gasteiger partial charge >= 0.3 is 0 Å². The second kappa shape index (κ2) is 5.36. The first-order valence-electron chi connectivity index (χ1n) is 6.29. The maximum atomic E-state index is 5.39. The fourth-order valence-electron chi connectivity index (χ4n) is 2.03. The minimum absolute atomic E-state index is 0.200. The molecule has 0 bridgehead atoms. The highest BCUT2D eigenvalue weighted by Crippen LogP contribution is 2.27. The molecule has 1 unspecified atom stereocenters. The van der Waals surface area contributed by atoms with Gasteiger partial charge in [0.05, 0.1) is 6.04 Å². The number of rotatable bonds is 4. The fraction of sp³-hybridized carbons (Fsp3) is 0.538. The number of H-pyrrole nitrogens is 1. The Labute approximate surface area is 117 Å². The molecular formula is C13H19N3S2. The van der Waals surface area contributed by atoms with E-state index >= 15 is 0 Å². The van der Waals surface area contributed by atoms with E-state index in [-0.39, 0.29) is 6.04 Å². The quantitative estimate of drug-likeness (QED) is 0.848. The highest BCUT2D eigenvalue weighted by atomic mass is 32.1.